The van der Waals surface area contributed by atoms with Crippen LogP contribution in [0, 0.1) is 5.82 Å². The van der Waals surface area contributed by atoms with Crippen molar-refractivity contribution in [3.63, 3.8) is 0 Å². The van der Waals surface area contributed by atoms with Gasteiger partial charge in [0.05, 0.1) is 24.4 Å². The minimum Gasteiger partial charge on any atom is -0.374 e. The first-order valence-electron chi connectivity index (χ1n) is 6.43. The van der Waals surface area contributed by atoms with Crippen LogP contribution in [0.3, 0.4) is 0 Å². The number of fused-ring (bicyclic) bond motifs is 1. The predicted octanol–water partition coefficient (Wildman–Crippen LogP) is 2.40. The van der Waals surface area contributed by atoms with Crippen LogP contribution in [0.5, 0.6) is 0 Å². The van der Waals surface area contributed by atoms with Crippen LogP contribution in [0.1, 0.15) is 29.6 Å². The minimum atomic E-state index is -0.313. The molecule has 2 fully saturated rings. The summed E-state index contributed by atoms with van der Waals surface area (Å²) in [5, 5.41) is 0. The molecule has 18 heavy (non-hydrogen) atoms. The summed E-state index contributed by atoms with van der Waals surface area (Å²) < 4.78 is 19.8. The molecule has 0 bridgehead atoms. The Morgan fingerprint density at radius 1 is 1.39 bits per heavy atom. The number of hydrogen-bond acceptors (Lipinski definition) is 3. The lowest BCUT2D eigenvalue weighted by Gasteiger charge is -2.40. The van der Waals surface area contributed by atoms with Gasteiger partial charge < -0.3 is 9.64 Å². The molecule has 96 valence electrons. The van der Waals surface area contributed by atoms with Crippen molar-refractivity contribution < 1.29 is 13.9 Å². The van der Waals surface area contributed by atoms with Crippen molar-refractivity contribution in [2.24, 2.45) is 0 Å². The van der Waals surface area contributed by atoms with Gasteiger partial charge in [0.25, 0.3) is 0 Å². The van der Waals surface area contributed by atoms with Crippen molar-refractivity contribution >= 4 is 12.0 Å². The molecule has 3 nitrogen and oxygen atoms in total. The smallest absolute Gasteiger partial charge is 0.152 e. The van der Waals surface area contributed by atoms with Crippen molar-refractivity contribution in [1.29, 1.82) is 0 Å². The van der Waals surface area contributed by atoms with Gasteiger partial charge in [-0.15, -0.1) is 0 Å². The van der Waals surface area contributed by atoms with Crippen LogP contribution >= 0.6 is 0 Å². The fourth-order valence-electron chi connectivity index (χ4n) is 3.13. The van der Waals surface area contributed by atoms with Crippen molar-refractivity contribution in [1.82, 2.24) is 0 Å². The average molecular weight is 249 g/mol. The van der Waals surface area contributed by atoms with E-state index in [2.05, 4.69) is 0 Å². The molecule has 2 unspecified atom stereocenters. The Balaban J connectivity index is 2.00. The number of rotatable bonds is 2. The molecule has 0 N–H and O–H groups in total. The highest BCUT2D eigenvalue weighted by atomic mass is 19.1. The van der Waals surface area contributed by atoms with E-state index in [1.54, 1.807) is 12.1 Å². The van der Waals surface area contributed by atoms with Gasteiger partial charge in [-0.3, -0.25) is 4.79 Å². The summed E-state index contributed by atoms with van der Waals surface area (Å²) in [7, 11) is 0. The lowest BCUT2D eigenvalue weighted by molar-refractivity contribution is 0.0253. The van der Waals surface area contributed by atoms with Gasteiger partial charge >= 0.3 is 0 Å². The second-order valence-electron chi connectivity index (χ2n) is 4.90. The number of carbonyl (C=O) groups excluding carboxylic acids is 1. The number of para-hydroxylation sites is 1. The number of ether oxygens (including phenoxy) is 1. The average Bonchev–Trinajstić information content (AvgIpc) is 2.86. The Kier molecular flexibility index (Phi) is 3.04. The summed E-state index contributed by atoms with van der Waals surface area (Å²) in [5.41, 5.74) is 0.884. The monoisotopic (exact) mass is 249 g/mol. The number of morpholine rings is 1. The molecule has 4 heteroatoms. The number of hydrogen-bond donors (Lipinski definition) is 0. The molecular weight excluding hydrogens is 233 g/mol. The fourth-order valence-corrected chi connectivity index (χ4v) is 3.13. The van der Waals surface area contributed by atoms with E-state index in [-0.39, 0.29) is 18.0 Å². The highest BCUT2D eigenvalue weighted by molar-refractivity contribution is 5.85. The van der Waals surface area contributed by atoms with E-state index in [4.69, 9.17) is 4.74 Å². The molecule has 0 amide bonds. The Labute approximate surface area is 106 Å². The topological polar surface area (TPSA) is 29.5 Å². The Morgan fingerprint density at radius 3 is 3.11 bits per heavy atom. The van der Waals surface area contributed by atoms with E-state index in [1.807, 2.05) is 4.90 Å². The number of benzene rings is 1. The largest absolute Gasteiger partial charge is 0.374 e. The Morgan fingerprint density at radius 2 is 2.28 bits per heavy atom. The summed E-state index contributed by atoms with van der Waals surface area (Å²) in [6.45, 7) is 1.26. The van der Waals surface area contributed by atoms with Gasteiger partial charge in [-0.05, 0) is 31.4 Å². The zero-order chi connectivity index (χ0) is 12.5. The van der Waals surface area contributed by atoms with E-state index in [0.29, 0.717) is 24.4 Å². The van der Waals surface area contributed by atoms with Crippen LogP contribution in [-0.4, -0.2) is 31.6 Å². The first kappa shape index (κ1) is 11.7. The number of nitrogens with zero attached hydrogens (tertiary/aromatic N) is 1. The first-order chi connectivity index (χ1) is 8.81. The summed E-state index contributed by atoms with van der Waals surface area (Å²) in [4.78, 5) is 13.1. The Hall–Kier alpha value is -1.42. The van der Waals surface area contributed by atoms with Gasteiger partial charge in [0, 0.05) is 12.1 Å². The van der Waals surface area contributed by atoms with Gasteiger partial charge in [-0.2, -0.15) is 0 Å². The zero-order valence-corrected chi connectivity index (χ0v) is 10.1. The maximum atomic E-state index is 14.0. The van der Waals surface area contributed by atoms with Crippen LogP contribution in [0.2, 0.25) is 0 Å². The summed E-state index contributed by atoms with van der Waals surface area (Å²) in [6, 6.07) is 4.89. The first-order valence-corrected chi connectivity index (χ1v) is 6.43. The predicted molar refractivity (Wildman–Crippen MR) is 66.5 cm³/mol. The van der Waals surface area contributed by atoms with Crippen LogP contribution < -0.4 is 4.90 Å². The number of carbonyl (C=O) groups is 1. The van der Waals surface area contributed by atoms with Gasteiger partial charge in [0.1, 0.15) is 5.82 Å². The highest BCUT2D eigenvalue weighted by Gasteiger charge is 2.37. The van der Waals surface area contributed by atoms with Crippen molar-refractivity contribution in [3.8, 4) is 0 Å². The zero-order valence-electron chi connectivity index (χ0n) is 10.1. The van der Waals surface area contributed by atoms with Crippen LogP contribution in [0.4, 0.5) is 10.1 Å². The molecule has 0 spiro atoms. The summed E-state index contributed by atoms with van der Waals surface area (Å²) in [6.07, 6.45) is 4.08. The third kappa shape index (κ3) is 1.81. The maximum absolute atomic E-state index is 14.0. The molecular formula is C14H16FNO2. The second kappa shape index (κ2) is 4.69. The lowest BCUT2D eigenvalue weighted by atomic mass is 10.1. The van der Waals surface area contributed by atoms with Gasteiger partial charge in [0.2, 0.25) is 0 Å². The number of halogens is 1. The van der Waals surface area contributed by atoms with Crippen LogP contribution in [0.25, 0.3) is 0 Å². The summed E-state index contributed by atoms with van der Waals surface area (Å²) in [5.74, 6) is -0.313. The molecule has 1 saturated carbocycles. The molecule has 0 aromatic heterocycles. The van der Waals surface area contributed by atoms with E-state index in [0.717, 1.165) is 25.5 Å². The maximum Gasteiger partial charge on any atom is 0.152 e. The molecule has 2 aliphatic rings. The third-order valence-electron chi connectivity index (χ3n) is 3.91. The quantitative estimate of drug-likeness (QED) is 0.754. The molecule has 1 aromatic carbocycles. The molecule has 1 aliphatic carbocycles. The highest BCUT2D eigenvalue weighted by Crippen LogP contribution is 2.35. The van der Waals surface area contributed by atoms with E-state index >= 15 is 0 Å². The summed E-state index contributed by atoms with van der Waals surface area (Å²) >= 11 is 0. The fraction of sp³-hybridized carbons (Fsp3) is 0.500. The molecule has 2 atom stereocenters. The third-order valence-corrected chi connectivity index (χ3v) is 3.91. The SMILES string of the molecule is O=Cc1cccc(F)c1N1CCOC2CCCC21. The van der Waals surface area contributed by atoms with Gasteiger partial charge in [-0.1, -0.05) is 6.07 Å². The van der Waals surface area contributed by atoms with Crippen molar-refractivity contribution in [2.75, 3.05) is 18.1 Å². The second-order valence-corrected chi connectivity index (χ2v) is 4.90. The molecule has 1 heterocycles. The number of aldehydes is 1. The van der Waals surface area contributed by atoms with E-state index in [9.17, 15) is 9.18 Å². The molecule has 1 saturated heterocycles. The Bertz CT molecular complexity index is 463. The molecule has 1 aromatic rings. The van der Waals surface area contributed by atoms with Gasteiger partial charge in [-0.25, -0.2) is 4.39 Å². The van der Waals surface area contributed by atoms with E-state index in [1.165, 1.54) is 6.07 Å². The van der Waals surface area contributed by atoms with Crippen molar-refractivity contribution in [3.05, 3.63) is 29.6 Å². The van der Waals surface area contributed by atoms with E-state index < -0.39 is 0 Å². The van der Waals surface area contributed by atoms with Crippen molar-refractivity contribution in [2.45, 2.75) is 31.4 Å². The van der Waals surface area contributed by atoms with Crippen LogP contribution in [-0.2, 0) is 4.74 Å². The normalized spacial score (nSPS) is 27.1. The van der Waals surface area contributed by atoms with Gasteiger partial charge in [0.15, 0.2) is 6.29 Å². The molecule has 0 radical (unpaired) electrons. The number of anilines is 1. The standard InChI is InChI=1S/C14H16FNO2/c15-11-4-1-3-10(9-17)14(11)16-7-8-18-13-6-2-5-12(13)16/h1,3-4,9,12-13H,2,5-8H2. The molecule has 1 aliphatic heterocycles. The minimum absolute atomic E-state index is 0.192. The lowest BCUT2D eigenvalue weighted by Crippen LogP contribution is -2.49. The molecule has 3 rings (SSSR count). The van der Waals surface area contributed by atoms with Crippen LogP contribution in [0.15, 0.2) is 18.2 Å².